The summed E-state index contributed by atoms with van der Waals surface area (Å²) in [5.41, 5.74) is 7.77. The van der Waals surface area contributed by atoms with Gasteiger partial charge in [0, 0.05) is 14.5 Å². The first-order chi connectivity index (χ1) is 8.49. The Morgan fingerprint density at radius 1 is 1.44 bits per heavy atom. The second-order valence-electron chi connectivity index (χ2n) is 4.58. The molecule has 1 aromatic carbocycles. The van der Waals surface area contributed by atoms with E-state index in [-0.39, 0.29) is 13.3 Å². The van der Waals surface area contributed by atoms with Crippen LogP contribution >= 0.6 is 0 Å². The van der Waals surface area contributed by atoms with Crippen molar-refractivity contribution in [3.8, 4) is 5.69 Å². The third-order valence-corrected chi connectivity index (χ3v) is 3.36. The summed E-state index contributed by atoms with van der Waals surface area (Å²) >= 11 is 0. The summed E-state index contributed by atoms with van der Waals surface area (Å²) in [5.74, 6) is 1.10. The lowest BCUT2D eigenvalue weighted by molar-refractivity contribution is 0.603. The van der Waals surface area contributed by atoms with Gasteiger partial charge in [0.15, 0.2) is 5.82 Å². The summed E-state index contributed by atoms with van der Waals surface area (Å²) in [6, 6.07) is 2.81. The molecule has 96 valence electrons. The SMILES string of the molecule is Cc1nc2n(n1)-c1cc(F)cc(N)c1N(C)C2C.[HH]. The quantitative estimate of drug-likeness (QED) is 0.726. The van der Waals surface area contributed by atoms with Crippen molar-refractivity contribution < 1.29 is 5.82 Å². The highest BCUT2D eigenvalue weighted by Crippen LogP contribution is 2.40. The monoisotopic (exact) mass is 249 g/mol. The molecule has 2 aromatic rings. The molecule has 0 radical (unpaired) electrons. The zero-order valence-corrected chi connectivity index (χ0v) is 10.5. The van der Waals surface area contributed by atoms with Crippen molar-refractivity contribution in [2.24, 2.45) is 0 Å². The van der Waals surface area contributed by atoms with Crippen molar-refractivity contribution in [2.45, 2.75) is 19.9 Å². The molecule has 3 rings (SSSR count). The van der Waals surface area contributed by atoms with Crippen molar-refractivity contribution in [1.29, 1.82) is 0 Å². The molecule has 1 aliphatic heterocycles. The number of rotatable bonds is 0. The Kier molecular flexibility index (Phi) is 2.10. The maximum Gasteiger partial charge on any atom is 0.154 e. The van der Waals surface area contributed by atoms with Crippen LogP contribution in [0.4, 0.5) is 15.8 Å². The Balaban J connectivity index is 0.00000133. The third-order valence-electron chi connectivity index (χ3n) is 3.36. The molecule has 2 heterocycles. The molecule has 0 spiro atoms. The number of nitrogens with two attached hydrogens (primary N) is 1. The van der Waals surface area contributed by atoms with E-state index in [1.165, 1.54) is 12.1 Å². The largest absolute Gasteiger partial charge is 0.397 e. The molecule has 2 N–H and O–H groups in total. The summed E-state index contributed by atoms with van der Waals surface area (Å²) < 4.78 is 15.2. The zero-order valence-electron chi connectivity index (χ0n) is 10.5. The molecule has 5 nitrogen and oxygen atoms in total. The van der Waals surface area contributed by atoms with E-state index in [0.717, 1.165) is 11.5 Å². The first kappa shape index (κ1) is 11.0. The van der Waals surface area contributed by atoms with E-state index in [2.05, 4.69) is 10.1 Å². The van der Waals surface area contributed by atoms with Gasteiger partial charge in [-0.15, -0.1) is 0 Å². The van der Waals surface area contributed by atoms with E-state index in [0.29, 0.717) is 17.2 Å². The van der Waals surface area contributed by atoms with Gasteiger partial charge in [0.25, 0.3) is 0 Å². The van der Waals surface area contributed by atoms with E-state index >= 15 is 0 Å². The molecule has 0 aliphatic carbocycles. The minimum atomic E-state index is -0.367. The molecule has 0 saturated heterocycles. The van der Waals surface area contributed by atoms with Crippen LogP contribution in [-0.4, -0.2) is 21.8 Å². The molecular weight excluding hydrogens is 233 g/mol. The molecule has 0 bridgehead atoms. The molecule has 0 amide bonds. The number of anilines is 2. The van der Waals surface area contributed by atoms with Crippen LogP contribution in [0.3, 0.4) is 0 Å². The fourth-order valence-corrected chi connectivity index (χ4v) is 2.40. The zero-order chi connectivity index (χ0) is 13.0. The average Bonchev–Trinajstić information content (AvgIpc) is 2.67. The number of halogens is 1. The van der Waals surface area contributed by atoms with Crippen molar-refractivity contribution in [1.82, 2.24) is 14.8 Å². The van der Waals surface area contributed by atoms with Crippen LogP contribution in [0.1, 0.15) is 26.0 Å². The minimum Gasteiger partial charge on any atom is -0.397 e. The fourth-order valence-electron chi connectivity index (χ4n) is 2.40. The van der Waals surface area contributed by atoms with Gasteiger partial charge in [0.2, 0.25) is 0 Å². The first-order valence-corrected chi connectivity index (χ1v) is 5.75. The lowest BCUT2D eigenvalue weighted by Gasteiger charge is -2.34. The van der Waals surface area contributed by atoms with E-state index < -0.39 is 0 Å². The van der Waals surface area contributed by atoms with Gasteiger partial charge in [0.1, 0.15) is 11.6 Å². The Labute approximate surface area is 106 Å². The first-order valence-electron chi connectivity index (χ1n) is 5.75. The number of aryl methyl sites for hydroxylation is 1. The average molecular weight is 249 g/mol. The van der Waals surface area contributed by atoms with Crippen molar-refractivity contribution >= 4 is 11.4 Å². The molecular formula is C12H16FN5. The molecule has 1 unspecified atom stereocenters. The topological polar surface area (TPSA) is 60.0 Å². The van der Waals surface area contributed by atoms with Crippen LogP contribution in [0.15, 0.2) is 12.1 Å². The van der Waals surface area contributed by atoms with Crippen LogP contribution in [0.25, 0.3) is 5.69 Å². The van der Waals surface area contributed by atoms with Gasteiger partial charge < -0.3 is 10.6 Å². The van der Waals surface area contributed by atoms with E-state index in [4.69, 9.17) is 5.73 Å². The predicted octanol–water partition coefficient (Wildman–Crippen LogP) is 2.05. The Hall–Kier alpha value is -2.11. The summed E-state index contributed by atoms with van der Waals surface area (Å²) in [6.07, 6.45) is 0. The fraction of sp³-hybridized carbons (Fsp3) is 0.333. The predicted molar refractivity (Wildman–Crippen MR) is 69.4 cm³/mol. The molecule has 0 saturated carbocycles. The third kappa shape index (κ3) is 1.32. The Bertz CT molecular complexity index is 639. The minimum absolute atomic E-state index is 0. The Morgan fingerprint density at radius 3 is 2.89 bits per heavy atom. The Morgan fingerprint density at radius 2 is 2.17 bits per heavy atom. The van der Waals surface area contributed by atoms with Gasteiger partial charge in [-0.05, 0) is 19.9 Å². The molecule has 0 fully saturated rings. The second kappa shape index (κ2) is 3.44. The summed E-state index contributed by atoms with van der Waals surface area (Å²) in [5, 5.41) is 4.32. The molecule has 6 heteroatoms. The van der Waals surface area contributed by atoms with Gasteiger partial charge in [-0.2, -0.15) is 5.10 Å². The maximum atomic E-state index is 13.5. The lowest BCUT2D eigenvalue weighted by atomic mass is 10.1. The van der Waals surface area contributed by atoms with Crippen LogP contribution in [-0.2, 0) is 0 Å². The highest BCUT2D eigenvalue weighted by molar-refractivity contribution is 5.79. The van der Waals surface area contributed by atoms with E-state index in [1.54, 1.807) is 4.68 Å². The van der Waals surface area contributed by atoms with Gasteiger partial charge in [-0.3, -0.25) is 0 Å². The van der Waals surface area contributed by atoms with Gasteiger partial charge in [0.05, 0.1) is 23.1 Å². The van der Waals surface area contributed by atoms with Gasteiger partial charge in [-0.25, -0.2) is 14.1 Å². The van der Waals surface area contributed by atoms with E-state index in [1.807, 2.05) is 25.8 Å². The van der Waals surface area contributed by atoms with Gasteiger partial charge >= 0.3 is 0 Å². The molecule has 18 heavy (non-hydrogen) atoms. The van der Waals surface area contributed by atoms with E-state index in [9.17, 15) is 4.39 Å². The molecule has 1 atom stereocenters. The molecule has 1 aliphatic rings. The van der Waals surface area contributed by atoms with Gasteiger partial charge in [-0.1, -0.05) is 0 Å². The summed E-state index contributed by atoms with van der Waals surface area (Å²) in [6.45, 7) is 3.84. The van der Waals surface area contributed by atoms with Crippen molar-refractivity contribution in [2.75, 3.05) is 17.7 Å². The number of nitrogens with zero attached hydrogens (tertiary/aromatic N) is 4. The van der Waals surface area contributed by atoms with Crippen molar-refractivity contribution in [3.05, 3.63) is 29.6 Å². The maximum absolute atomic E-state index is 13.5. The van der Waals surface area contributed by atoms with Crippen LogP contribution < -0.4 is 10.6 Å². The number of benzene rings is 1. The standard InChI is InChI=1S/C12H14FN5.H2/c1-6-12-15-7(2)16-18(12)10-5-8(13)4-9(14)11(10)17(6)3;/h4-6H,14H2,1-3H3;1H. The number of hydrogen-bond acceptors (Lipinski definition) is 4. The number of hydrogen-bond donors (Lipinski definition) is 1. The smallest absolute Gasteiger partial charge is 0.154 e. The molecule has 1 aromatic heterocycles. The summed E-state index contributed by atoms with van der Waals surface area (Å²) in [4.78, 5) is 6.38. The number of aromatic nitrogens is 3. The van der Waals surface area contributed by atoms with Crippen molar-refractivity contribution in [3.63, 3.8) is 0 Å². The highest BCUT2D eigenvalue weighted by atomic mass is 19.1. The lowest BCUT2D eigenvalue weighted by Crippen LogP contribution is -2.31. The normalized spacial score (nSPS) is 17.6. The number of nitrogen functional groups attached to an aromatic ring is 1. The summed E-state index contributed by atoms with van der Waals surface area (Å²) in [7, 11) is 1.92. The van der Waals surface area contributed by atoms with Crippen LogP contribution in [0, 0.1) is 12.7 Å². The highest BCUT2D eigenvalue weighted by Gasteiger charge is 2.30. The number of fused-ring (bicyclic) bond motifs is 3. The van der Waals surface area contributed by atoms with Crippen LogP contribution in [0.5, 0.6) is 0 Å². The van der Waals surface area contributed by atoms with Crippen LogP contribution in [0.2, 0.25) is 0 Å². The second-order valence-corrected chi connectivity index (χ2v) is 4.58.